The topological polar surface area (TPSA) is 79.2 Å². The predicted octanol–water partition coefficient (Wildman–Crippen LogP) is 2.51. The Balaban J connectivity index is 2.30. The molecule has 0 bridgehead atoms. The number of ether oxygens (including phenoxy) is 1. The van der Waals surface area contributed by atoms with Gasteiger partial charge in [0.05, 0.1) is 29.3 Å². The van der Waals surface area contributed by atoms with E-state index in [2.05, 4.69) is 4.72 Å². The zero-order valence-corrected chi connectivity index (χ0v) is 11.8. The Morgan fingerprint density at radius 2 is 1.86 bits per heavy atom. The molecule has 2 aromatic carbocycles. The van der Waals surface area contributed by atoms with Gasteiger partial charge in [0.1, 0.15) is 11.6 Å². The van der Waals surface area contributed by atoms with E-state index >= 15 is 0 Å². The molecule has 2 aromatic rings. The summed E-state index contributed by atoms with van der Waals surface area (Å²) in [7, 11) is -2.44. The predicted molar refractivity (Wildman–Crippen MR) is 74.9 cm³/mol. The Labute approximate surface area is 121 Å². The fraction of sp³-hybridized carbons (Fsp3) is 0.0714. The third-order valence-corrected chi connectivity index (χ3v) is 4.09. The highest BCUT2D eigenvalue weighted by atomic mass is 32.2. The average molecular weight is 306 g/mol. The molecule has 0 aliphatic heterocycles. The molecule has 21 heavy (non-hydrogen) atoms. The van der Waals surface area contributed by atoms with Gasteiger partial charge in [-0.2, -0.15) is 5.26 Å². The molecule has 0 spiro atoms. The molecule has 0 aromatic heterocycles. The Bertz CT molecular complexity index is 796. The van der Waals surface area contributed by atoms with Gasteiger partial charge in [-0.3, -0.25) is 4.72 Å². The van der Waals surface area contributed by atoms with E-state index in [4.69, 9.17) is 10.00 Å². The van der Waals surface area contributed by atoms with Crippen LogP contribution in [0.15, 0.2) is 47.4 Å². The lowest BCUT2D eigenvalue weighted by atomic mass is 10.2. The summed E-state index contributed by atoms with van der Waals surface area (Å²) in [5, 5.41) is 8.65. The van der Waals surface area contributed by atoms with Crippen LogP contribution in [0.3, 0.4) is 0 Å². The summed E-state index contributed by atoms with van der Waals surface area (Å²) >= 11 is 0. The Morgan fingerprint density at radius 3 is 2.38 bits per heavy atom. The highest BCUT2D eigenvalue weighted by Crippen LogP contribution is 2.21. The lowest BCUT2D eigenvalue weighted by molar-refractivity contribution is 0.414. The molecule has 5 nitrogen and oxygen atoms in total. The van der Waals surface area contributed by atoms with Gasteiger partial charge in [-0.25, -0.2) is 12.8 Å². The van der Waals surface area contributed by atoms with Crippen LogP contribution >= 0.6 is 0 Å². The number of methoxy groups -OCH3 is 1. The SMILES string of the molecule is COc1ccc(S(=O)(=O)Nc2ccc(C#N)cc2F)cc1. The molecule has 0 fully saturated rings. The standard InChI is InChI=1S/C14H11FN2O3S/c1-20-11-3-5-12(6-4-11)21(18,19)17-14-7-2-10(9-16)8-13(14)15/h2-8,17H,1H3. The van der Waals surface area contributed by atoms with Crippen molar-refractivity contribution in [2.75, 3.05) is 11.8 Å². The van der Waals surface area contributed by atoms with E-state index in [1.807, 2.05) is 0 Å². The first-order chi connectivity index (χ1) is 9.96. The van der Waals surface area contributed by atoms with Gasteiger partial charge >= 0.3 is 0 Å². The fourth-order valence-electron chi connectivity index (χ4n) is 1.63. The second kappa shape index (κ2) is 5.81. The summed E-state index contributed by atoms with van der Waals surface area (Å²) in [6.45, 7) is 0. The maximum absolute atomic E-state index is 13.7. The van der Waals surface area contributed by atoms with Crippen molar-refractivity contribution in [3.8, 4) is 11.8 Å². The van der Waals surface area contributed by atoms with E-state index in [-0.39, 0.29) is 16.1 Å². The average Bonchev–Trinajstić information content (AvgIpc) is 2.49. The van der Waals surface area contributed by atoms with Crippen molar-refractivity contribution in [2.45, 2.75) is 4.90 Å². The van der Waals surface area contributed by atoms with Crippen molar-refractivity contribution in [2.24, 2.45) is 0 Å². The number of nitrogens with one attached hydrogen (secondary N) is 1. The van der Waals surface area contributed by atoms with Gasteiger partial charge in [-0.05, 0) is 42.5 Å². The van der Waals surface area contributed by atoms with Crippen molar-refractivity contribution in [3.05, 3.63) is 53.8 Å². The number of anilines is 1. The van der Waals surface area contributed by atoms with Gasteiger partial charge in [-0.1, -0.05) is 0 Å². The van der Waals surface area contributed by atoms with E-state index < -0.39 is 15.8 Å². The Hall–Kier alpha value is -2.59. The molecule has 7 heteroatoms. The molecule has 1 N–H and O–H groups in total. The van der Waals surface area contributed by atoms with Gasteiger partial charge in [-0.15, -0.1) is 0 Å². The van der Waals surface area contributed by atoms with E-state index in [1.165, 1.54) is 43.5 Å². The summed E-state index contributed by atoms with van der Waals surface area (Å²) in [4.78, 5) is -0.0212. The minimum absolute atomic E-state index is 0.0212. The van der Waals surface area contributed by atoms with Crippen molar-refractivity contribution in [1.29, 1.82) is 5.26 Å². The lowest BCUT2D eigenvalue weighted by Gasteiger charge is -2.09. The number of benzene rings is 2. The molecule has 0 radical (unpaired) electrons. The van der Waals surface area contributed by atoms with Crippen LogP contribution in [-0.2, 0) is 10.0 Å². The van der Waals surface area contributed by atoms with Crippen LogP contribution in [0.25, 0.3) is 0 Å². The largest absolute Gasteiger partial charge is 0.497 e. The van der Waals surface area contributed by atoms with Gasteiger partial charge < -0.3 is 4.74 Å². The molecular formula is C14H11FN2O3S. The second-order valence-corrected chi connectivity index (χ2v) is 5.77. The van der Waals surface area contributed by atoms with Crippen LogP contribution in [0.4, 0.5) is 10.1 Å². The van der Waals surface area contributed by atoms with Gasteiger partial charge in [0, 0.05) is 0 Å². The monoisotopic (exact) mass is 306 g/mol. The third kappa shape index (κ3) is 3.30. The minimum Gasteiger partial charge on any atom is -0.497 e. The quantitative estimate of drug-likeness (QED) is 0.941. The van der Waals surface area contributed by atoms with Crippen molar-refractivity contribution >= 4 is 15.7 Å². The molecule has 2 rings (SSSR count). The number of rotatable bonds is 4. The molecule has 0 amide bonds. The van der Waals surface area contributed by atoms with Crippen LogP contribution in [-0.4, -0.2) is 15.5 Å². The number of sulfonamides is 1. The summed E-state index contributed by atoms with van der Waals surface area (Å²) < 4.78 is 45.0. The first-order valence-electron chi connectivity index (χ1n) is 5.83. The molecular weight excluding hydrogens is 295 g/mol. The first-order valence-corrected chi connectivity index (χ1v) is 7.31. The normalized spacial score (nSPS) is 10.7. The lowest BCUT2D eigenvalue weighted by Crippen LogP contribution is -2.14. The molecule has 0 heterocycles. The van der Waals surface area contributed by atoms with Crippen LogP contribution in [0.2, 0.25) is 0 Å². The van der Waals surface area contributed by atoms with Crippen LogP contribution in [0.5, 0.6) is 5.75 Å². The van der Waals surface area contributed by atoms with Gasteiger partial charge in [0.15, 0.2) is 0 Å². The molecule has 108 valence electrons. The first kappa shape index (κ1) is 14.8. The third-order valence-electron chi connectivity index (χ3n) is 2.71. The molecule has 0 saturated carbocycles. The molecule has 0 aliphatic rings. The summed E-state index contributed by atoms with van der Waals surface area (Å²) in [6.07, 6.45) is 0. The smallest absolute Gasteiger partial charge is 0.261 e. The van der Waals surface area contributed by atoms with Crippen LogP contribution in [0.1, 0.15) is 5.56 Å². The Morgan fingerprint density at radius 1 is 1.19 bits per heavy atom. The zero-order chi connectivity index (χ0) is 15.5. The van der Waals surface area contributed by atoms with Crippen molar-refractivity contribution in [3.63, 3.8) is 0 Å². The number of halogens is 1. The minimum atomic E-state index is -3.91. The summed E-state index contributed by atoms with van der Waals surface area (Å²) in [5.41, 5.74) is -0.107. The number of hydrogen-bond acceptors (Lipinski definition) is 4. The van der Waals surface area contributed by atoms with E-state index in [1.54, 1.807) is 6.07 Å². The van der Waals surface area contributed by atoms with Gasteiger partial charge in [0.2, 0.25) is 0 Å². The van der Waals surface area contributed by atoms with Crippen LogP contribution < -0.4 is 9.46 Å². The maximum atomic E-state index is 13.7. The van der Waals surface area contributed by atoms with Crippen molar-refractivity contribution in [1.82, 2.24) is 0 Å². The highest BCUT2D eigenvalue weighted by molar-refractivity contribution is 7.92. The number of nitrogens with zero attached hydrogens (tertiary/aromatic N) is 1. The summed E-state index contributed by atoms with van der Waals surface area (Å²) in [6, 6.07) is 10.9. The maximum Gasteiger partial charge on any atom is 0.261 e. The fourth-order valence-corrected chi connectivity index (χ4v) is 2.69. The number of hydrogen-bond donors (Lipinski definition) is 1. The van der Waals surface area contributed by atoms with Gasteiger partial charge in [0.25, 0.3) is 10.0 Å². The van der Waals surface area contributed by atoms with E-state index in [0.29, 0.717) is 5.75 Å². The van der Waals surface area contributed by atoms with E-state index in [0.717, 1.165) is 6.07 Å². The second-order valence-electron chi connectivity index (χ2n) is 4.09. The summed E-state index contributed by atoms with van der Waals surface area (Å²) in [5.74, 6) is -0.301. The highest BCUT2D eigenvalue weighted by Gasteiger charge is 2.16. The molecule has 0 atom stereocenters. The number of nitriles is 1. The molecule has 0 saturated heterocycles. The zero-order valence-electron chi connectivity index (χ0n) is 11.0. The molecule has 0 aliphatic carbocycles. The van der Waals surface area contributed by atoms with Crippen molar-refractivity contribution < 1.29 is 17.5 Å². The Kier molecular flexibility index (Phi) is 4.10. The molecule has 0 unspecified atom stereocenters. The van der Waals surface area contributed by atoms with E-state index in [9.17, 15) is 12.8 Å². The van der Waals surface area contributed by atoms with Crippen LogP contribution in [0, 0.1) is 17.1 Å².